The second-order valence-electron chi connectivity index (χ2n) is 13.0. The first-order chi connectivity index (χ1) is 17.4. The highest BCUT2D eigenvalue weighted by molar-refractivity contribution is 5.29. The van der Waals surface area contributed by atoms with Gasteiger partial charge in [-0.3, -0.25) is 0 Å². The second kappa shape index (κ2) is 9.87. The number of rotatable bonds is 8. The first-order valence-corrected chi connectivity index (χ1v) is 14.8. The molecule has 1 N–H and O–H groups in total. The quantitative estimate of drug-likeness (QED) is 0.356. The van der Waals surface area contributed by atoms with E-state index in [1.54, 1.807) is 18.1 Å². The molecule has 1 aliphatic heterocycles. The zero-order chi connectivity index (χ0) is 24.8. The molecule has 2 heterocycles. The van der Waals surface area contributed by atoms with Crippen molar-refractivity contribution in [2.45, 2.75) is 89.8 Å². The van der Waals surface area contributed by atoms with E-state index in [4.69, 9.17) is 13.9 Å². The fourth-order valence-corrected chi connectivity index (χ4v) is 9.38. The van der Waals surface area contributed by atoms with E-state index >= 15 is 0 Å². The molecule has 0 bridgehead atoms. The van der Waals surface area contributed by atoms with Crippen LogP contribution >= 0.6 is 0 Å². The van der Waals surface area contributed by atoms with Crippen molar-refractivity contribution in [3.63, 3.8) is 0 Å². The van der Waals surface area contributed by atoms with E-state index in [0.717, 1.165) is 50.3 Å². The van der Waals surface area contributed by atoms with E-state index in [-0.39, 0.29) is 11.5 Å². The maximum Gasteiger partial charge on any atom is 0.0983 e. The van der Waals surface area contributed by atoms with Gasteiger partial charge in [-0.15, -0.1) is 0 Å². The van der Waals surface area contributed by atoms with Gasteiger partial charge in [0.2, 0.25) is 0 Å². The minimum atomic E-state index is -0.741. The van der Waals surface area contributed by atoms with Crippen LogP contribution in [0, 0.1) is 28.6 Å². The van der Waals surface area contributed by atoms with E-state index in [2.05, 4.69) is 24.8 Å². The van der Waals surface area contributed by atoms with Crippen LogP contribution in [0.3, 0.4) is 0 Å². The predicted octanol–water partition coefficient (Wildman–Crippen LogP) is 5.93. The lowest BCUT2D eigenvalue weighted by molar-refractivity contribution is -0.133. The Balaban J connectivity index is 1.06. The lowest BCUT2D eigenvalue weighted by atomic mass is 9.46. The number of fused-ring (bicyclic) bond motifs is 5. The minimum Gasteiger partial charge on any atom is -0.472 e. The van der Waals surface area contributed by atoms with Crippen LogP contribution in [0.1, 0.15) is 83.6 Å². The summed E-state index contributed by atoms with van der Waals surface area (Å²) >= 11 is 0. The predicted molar refractivity (Wildman–Crippen MR) is 141 cm³/mol. The monoisotopic (exact) mass is 497 g/mol. The zero-order valence-electron chi connectivity index (χ0n) is 22.6. The van der Waals surface area contributed by atoms with Crippen LogP contribution in [0.2, 0.25) is 0 Å². The fourth-order valence-electron chi connectivity index (χ4n) is 9.38. The van der Waals surface area contributed by atoms with Gasteiger partial charge in [-0.25, -0.2) is 0 Å². The van der Waals surface area contributed by atoms with Crippen molar-refractivity contribution >= 4 is 0 Å². The van der Waals surface area contributed by atoms with Gasteiger partial charge in [-0.2, -0.15) is 0 Å². The normalized spacial score (nSPS) is 42.6. The molecule has 7 atom stereocenters. The summed E-state index contributed by atoms with van der Waals surface area (Å²) in [5.74, 6) is 2.05. The maximum atomic E-state index is 11.9. The van der Waals surface area contributed by atoms with Gasteiger partial charge >= 0.3 is 0 Å². The van der Waals surface area contributed by atoms with E-state index < -0.39 is 5.60 Å². The maximum absolute atomic E-state index is 11.9. The van der Waals surface area contributed by atoms with E-state index in [9.17, 15) is 5.11 Å². The molecule has 0 radical (unpaired) electrons. The molecule has 0 spiro atoms. The molecule has 1 aromatic heterocycles. The molecule has 3 saturated carbocycles. The number of hydrogen-bond donors (Lipinski definition) is 1. The van der Waals surface area contributed by atoms with Gasteiger partial charge < -0.3 is 23.9 Å². The van der Waals surface area contributed by atoms with Crippen LogP contribution in [0.15, 0.2) is 34.7 Å². The summed E-state index contributed by atoms with van der Waals surface area (Å²) in [6, 6.07) is 1.99. The van der Waals surface area contributed by atoms with Gasteiger partial charge in [-0.05, 0) is 107 Å². The van der Waals surface area contributed by atoms with Gasteiger partial charge in [0.25, 0.3) is 0 Å². The van der Waals surface area contributed by atoms with Crippen molar-refractivity contribution in [3.05, 3.63) is 35.8 Å². The summed E-state index contributed by atoms with van der Waals surface area (Å²) in [6.45, 7) is 10.7. The Morgan fingerprint density at radius 2 is 1.83 bits per heavy atom. The van der Waals surface area contributed by atoms with E-state index in [1.165, 1.54) is 51.6 Å². The van der Waals surface area contributed by atoms with Gasteiger partial charge in [0.05, 0.1) is 44.1 Å². The Kier molecular flexibility index (Phi) is 6.90. The lowest BCUT2D eigenvalue weighted by Crippen LogP contribution is -2.53. The Morgan fingerprint density at radius 1 is 1.00 bits per heavy atom. The standard InChI is InChI=1S/C31H47NO4/c1-29-11-7-25(36-20-19-34-18-16-32-14-3-4-15-32)21-23(29)5-6-26-27(29)8-12-30(2)28(26)9-13-31(30,33)24-10-17-35-22-24/h10,17,21-22,25-28,33H,3-9,11-16,18-20H2,1-2H3/t25?,26-,27-,28+,29+,30+,31?/m1/s1. The zero-order valence-corrected chi connectivity index (χ0v) is 22.6. The van der Waals surface area contributed by atoms with E-state index in [0.29, 0.717) is 30.5 Å². The molecule has 5 aliphatic rings. The molecule has 2 unspecified atom stereocenters. The number of likely N-dealkylation sites (tertiary alicyclic amines) is 1. The largest absolute Gasteiger partial charge is 0.472 e. The van der Waals surface area contributed by atoms with Crippen LogP contribution < -0.4 is 0 Å². The van der Waals surface area contributed by atoms with Crippen molar-refractivity contribution in [2.24, 2.45) is 28.6 Å². The molecule has 5 heteroatoms. The SMILES string of the molecule is C[C@]12CCC(OCCOCCN3CCCC3)C=C1CC[C@@H]1[C@H]2CC[C@@]2(C)[C@H]1CCC2(O)c1ccoc1. The van der Waals surface area contributed by atoms with E-state index in [1.807, 2.05) is 6.07 Å². The van der Waals surface area contributed by atoms with Crippen molar-refractivity contribution in [2.75, 3.05) is 39.5 Å². The Hall–Kier alpha value is -1.14. The molecule has 1 saturated heterocycles. The third-order valence-corrected chi connectivity index (χ3v) is 11.5. The Bertz CT molecular complexity index is 923. The van der Waals surface area contributed by atoms with Crippen molar-refractivity contribution < 1.29 is 19.0 Å². The summed E-state index contributed by atoms with van der Waals surface area (Å²) in [7, 11) is 0. The number of furan rings is 1. The van der Waals surface area contributed by atoms with Gasteiger partial charge in [0, 0.05) is 17.5 Å². The molecule has 1 aromatic rings. The summed E-state index contributed by atoms with van der Waals surface area (Å²) in [5.41, 5.74) is 2.15. The summed E-state index contributed by atoms with van der Waals surface area (Å²) in [4.78, 5) is 2.50. The summed E-state index contributed by atoms with van der Waals surface area (Å²) in [6.07, 6.45) is 18.1. The molecule has 0 amide bonds. The van der Waals surface area contributed by atoms with Crippen molar-refractivity contribution in [3.8, 4) is 0 Å². The van der Waals surface area contributed by atoms with Crippen LogP contribution in [-0.2, 0) is 15.1 Å². The van der Waals surface area contributed by atoms with Crippen LogP contribution in [0.4, 0.5) is 0 Å². The number of aliphatic hydroxyl groups is 1. The molecule has 4 fully saturated rings. The number of hydrogen-bond acceptors (Lipinski definition) is 5. The third kappa shape index (κ3) is 4.13. The number of ether oxygens (including phenoxy) is 2. The molecular formula is C31H47NO4. The molecule has 36 heavy (non-hydrogen) atoms. The topological polar surface area (TPSA) is 55.1 Å². The highest BCUT2D eigenvalue weighted by Gasteiger charge is 2.64. The molecule has 5 nitrogen and oxygen atoms in total. The molecule has 4 aliphatic carbocycles. The highest BCUT2D eigenvalue weighted by Crippen LogP contribution is 2.69. The van der Waals surface area contributed by atoms with Crippen LogP contribution in [-0.4, -0.2) is 55.6 Å². The lowest BCUT2D eigenvalue weighted by Gasteiger charge is -2.59. The average molecular weight is 498 g/mol. The molecule has 200 valence electrons. The van der Waals surface area contributed by atoms with Gasteiger partial charge in [0.1, 0.15) is 0 Å². The summed E-state index contributed by atoms with van der Waals surface area (Å²) < 4.78 is 17.5. The summed E-state index contributed by atoms with van der Waals surface area (Å²) in [5, 5.41) is 11.9. The van der Waals surface area contributed by atoms with Gasteiger partial charge in [0.15, 0.2) is 0 Å². The van der Waals surface area contributed by atoms with Crippen molar-refractivity contribution in [1.82, 2.24) is 4.90 Å². The Morgan fingerprint density at radius 3 is 2.64 bits per heavy atom. The van der Waals surface area contributed by atoms with Crippen LogP contribution in [0.25, 0.3) is 0 Å². The molecule has 6 rings (SSSR count). The number of nitrogens with zero attached hydrogens (tertiary/aromatic N) is 1. The highest BCUT2D eigenvalue weighted by atomic mass is 16.5. The minimum absolute atomic E-state index is 0.0509. The second-order valence-corrected chi connectivity index (χ2v) is 13.0. The third-order valence-electron chi connectivity index (χ3n) is 11.5. The first kappa shape index (κ1) is 25.2. The number of allylic oxidation sites excluding steroid dienone is 1. The van der Waals surface area contributed by atoms with Crippen molar-refractivity contribution in [1.29, 1.82) is 0 Å². The smallest absolute Gasteiger partial charge is 0.0983 e. The average Bonchev–Trinajstić information content (AvgIpc) is 3.64. The molecule has 0 aromatic carbocycles. The molecular weight excluding hydrogens is 450 g/mol. The first-order valence-electron chi connectivity index (χ1n) is 14.8. The van der Waals surface area contributed by atoms with Crippen LogP contribution in [0.5, 0.6) is 0 Å². The Labute approximate surface area is 217 Å². The fraction of sp³-hybridized carbons (Fsp3) is 0.806. The van der Waals surface area contributed by atoms with Gasteiger partial charge in [-0.1, -0.05) is 25.5 Å².